The number of nitrogen functional groups attached to an aromatic ring is 1. The maximum atomic E-state index is 12.6. The van der Waals surface area contributed by atoms with Crippen molar-refractivity contribution >= 4 is 34.7 Å². The highest BCUT2D eigenvalue weighted by atomic mass is 32.2. The van der Waals surface area contributed by atoms with E-state index >= 15 is 0 Å². The molecule has 27 heavy (non-hydrogen) atoms. The minimum Gasteiger partial charge on any atom is -0.384 e. The third kappa shape index (κ3) is 3.23. The molecule has 11 heteroatoms. The fraction of sp³-hybridized carbons (Fsp3) is 0.312. The Kier molecular flexibility index (Phi) is 4.48. The summed E-state index contributed by atoms with van der Waals surface area (Å²) >= 11 is 2.80. The SMILES string of the molecule is Cn1c(N)c(C(=O)CSc2nnc(-c3cccs3)n2C2CC2)c(=O)[nH]c1=O. The fourth-order valence-electron chi connectivity index (χ4n) is 2.72. The van der Waals surface area contributed by atoms with Gasteiger partial charge in [0.2, 0.25) is 0 Å². The van der Waals surface area contributed by atoms with Crippen molar-refractivity contribution in [2.75, 3.05) is 11.5 Å². The third-order valence-electron chi connectivity index (χ3n) is 4.30. The Balaban J connectivity index is 1.60. The van der Waals surface area contributed by atoms with Crippen molar-refractivity contribution in [2.24, 2.45) is 7.05 Å². The standard InChI is InChI=1S/C16H16N6O3S2/c1-21-12(17)11(14(24)18-15(21)25)9(23)7-27-16-20-19-13(10-3-2-6-26-10)22(16)8-4-5-8/h2-3,6,8H,4-5,7,17H2,1H3,(H,18,24,25). The predicted octanol–water partition coefficient (Wildman–Crippen LogP) is 1.29. The number of hydrogen-bond acceptors (Lipinski definition) is 8. The lowest BCUT2D eigenvalue weighted by molar-refractivity contribution is 0.102. The van der Waals surface area contributed by atoms with E-state index in [2.05, 4.69) is 19.7 Å². The molecule has 4 rings (SSSR count). The van der Waals surface area contributed by atoms with Gasteiger partial charge in [0.25, 0.3) is 5.56 Å². The Morgan fingerprint density at radius 1 is 1.41 bits per heavy atom. The molecular weight excluding hydrogens is 388 g/mol. The van der Waals surface area contributed by atoms with Crippen molar-refractivity contribution in [3.05, 3.63) is 43.9 Å². The van der Waals surface area contributed by atoms with Gasteiger partial charge in [0.1, 0.15) is 11.4 Å². The van der Waals surface area contributed by atoms with Crippen molar-refractivity contribution in [2.45, 2.75) is 24.0 Å². The summed E-state index contributed by atoms with van der Waals surface area (Å²) < 4.78 is 3.10. The molecule has 0 aromatic carbocycles. The Bertz CT molecular complexity index is 1120. The molecule has 1 aliphatic carbocycles. The average Bonchev–Trinajstić information content (AvgIpc) is 3.16. The minimum atomic E-state index is -0.774. The maximum Gasteiger partial charge on any atom is 0.329 e. The van der Waals surface area contributed by atoms with E-state index in [4.69, 9.17) is 5.73 Å². The summed E-state index contributed by atoms with van der Waals surface area (Å²) in [5.74, 6) is 0.164. The van der Waals surface area contributed by atoms with Crippen molar-refractivity contribution in [1.29, 1.82) is 0 Å². The number of nitrogens with one attached hydrogen (secondary N) is 1. The van der Waals surface area contributed by atoms with Gasteiger partial charge in [0.15, 0.2) is 16.8 Å². The van der Waals surface area contributed by atoms with Crippen LogP contribution in [-0.2, 0) is 7.05 Å². The number of aromatic nitrogens is 5. The van der Waals surface area contributed by atoms with E-state index in [1.807, 2.05) is 17.5 Å². The number of nitrogens with zero attached hydrogens (tertiary/aromatic N) is 4. The second kappa shape index (κ2) is 6.82. The van der Waals surface area contributed by atoms with Crippen molar-refractivity contribution in [1.82, 2.24) is 24.3 Å². The first-order chi connectivity index (χ1) is 13.0. The molecule has 1 saturated carbocycles. The van der Waals surface area contributed by atoms with E-state index in [-0.39, 0.29) is 17.1 Å². The van der Waals surface area contributed by atoms with E-state index in [0.717, 1.165) is 28.1 Å². The number of ketones is 1. The monoisotopic (exact) mass is 404 g/mol. The van der Waals surface area contributed by atoms with Crippen LogP contribution in [0.15, 0.2) is 32.3 Å². The maximum absolute atomic E-state index is 12.6. The molecule has 0 amide bonds. The van der Waals surface area contributed by atoms with Crippen LogP contribution in [0.5, 0.6) is 0 Å². The number of thioether (sulfide) groups is 1. The van der Waals surface area contributed by atoms with Crippen molar-refractivity contribution < 1.29 is 4.79 Å². The number of H-pyrrole nitrogens is 1. The van der Waals surface area contributed by atoms with Crippen LogP contribution >= 0.6 is 23.1 Å². The quantitative estimate of drug-likeness (QED) is 0.468. The first-order valence-corrected chi connectivity index (χ1v) is 10.1. The molecule has 3 aromatic rings. The summed E-state index contributed by atoms with van der Waals surface area (Å²) in [7, 11) is 1.40. The summed E-state index contributed by atoms with van der Waals surface area (Å²) in [5.41, 5.74) is 4.15. The molecule has 0 spiro atoms. The molecule has 3 N–H and O–H groups in total. The topological polar surface area (TPSA) is 129 Å². The summed E-state index contributed by atoms with van der Waals surface area (Å²) in [6, 6.07) is 4.27. The second-order valence-electron chi connectivity index (χ2n) is 6.18. The molecule has 9 nitrogen and oxygen atoms in total. The minimum absolute atomic E-state index is 0.0270. The first kappa shape index (κ1) is 17.7. The molecule has 1 fully saturated rings. The number of thiophene rings is 1. The second-order valence-corrected chi connectivity index (χ2v) is 8.07. The van der Waals surface area contributed by atoms with E-state index in [0.29, 0.717) is 11.2 Å². The zero-order valence-corrected chi connectivity index (χ0v) is 16.0. The van der Waals surface area contributed by atoms with Gasteiger partial charge in [0.05, 0.1) is 10.6 Å². The predicted molar refractivity (Wildman–Crippen MR) is 103 cm³/mol. The Morgan fingerprint density at radius 2 is 2.19 bits per heavy atom. The first-order valence-electron chi connectivity index (χ1n) is 8.21. The number of nitrogens with two attached hydrogens (primary N) is 1. The van der Waals surface area contributed by atoms with Gasteiger partial charge >= 0.3 is 5.69 Å². The summed E-state index contributed by atoms with van der Waals surface area (Å²) in [6.07, 6.45) is 2.09. The summed E-state index contributed by atoms with van der Waals surface area (Å²) in [6.45, 7) is 0. The average molecular weight is 404 g/mol. The highest BCUT2D eigenvalue weighted by molar-refractivity contribution is 7.99. The van der Waals surface area contributed by atoms with Gasteiger partial charge < -0.3 is 5.73 Å². The number of rotatable bonds is 6. The molecule has 3 aromatic heterocycles. The Hall–Kier alpha value is -2.66. The van der Waals surface area contributed by atoms with Crippen molar-refractivity contribution in [3.8, 4) is 10.7 Å². The molecule has 0 atom stereocenters. The van der Waals surface area contributed by atoms with Crippen LogP contribution in [0.4, 0.5) is 5.82 Å². The van der Waals surface area contributed by atoms with E-state index in [9.17, 15) is 14.4 Å². The molecule has 1 aliphatic rings. The Morgan fingerprint density at radius 3 is 2.85 bits per heavy atom. The van der Waals surface area contributed by atoms with Crippen LogP contribution < -0.4 is 17.0 Å². The highest BCUT2D eigenvalue weighted by Crippen LogP contribution is 2.41. The normalized spacial score (nSPS) is 13.8. The number of hydrogen-bond donors (Lipinski definition) is 2. The highest BCUT2D eigenvalue weighted by Gasteiger charge is 2.31. The summed E-state index contributed by atoms with van der Waals surface area (Å²) in [5, 5.41) is 11.1. The number of carbonyl (C=O) groups is 1. The molecule has 3 heterocycles. The van der Waals surface area contributed by atoms with Crippen LogP contribution in [0.2, 0.25) is 0 Å². The van der Waals surface area contributed by atoms with Gasteiger partial charge in [-0.15, -0.1) is 21.5 Å². The van der Waals surface area contributed by atoms with E-state index in [1.54, 1.807) is 11.3 Å². The number of anilines is 1. The summed E-state index contributed by atoms with van der Waals surface area (Å²) in [4.78, 5) is 39.2. The zero-order valence-electron chi connectivity index (χ0n) is 14.3. The molecule has 0 radical (unpaired) electrons. The Labute approximate surface area is 161 Å². The lowest BCUT2D eigenvalue weighted by atomic mass is 10.2. The van der Waals surface area contributed by atoms with Gasteiger partial charge in [-0.3, -0.25) is 23.7 Å². The van der Waals surface area contributed by atoms with Gasteiger partial charge in [-0.05, 0) is 24.3 Å². The van der Waals surface area contributed by atoms with Crippen LogP contribution in [0.1, 0.15) is 29.2 Å². The smallest absolute Gasteiger partial charge is 0.329 e. The number of Topliss-reactive ketones (excluding diaryl/α,β-unsaturated/α-hetero) is 1. The lowest BCUT2D eigenvalue weighted by Crippen LogP contribution is -2.35. The van der Waals surface area contributed by atoms with Crippen LogP contribution in [0.25, 0.3) is 10.7 Å². The zero-order chi connectivity index (χ0) is 19.1. The number of carbonyl (C=O) groups excluding carboxylic acids is 1. The van der Waals surface area contributed by atoms with Gasteiger partial charge in [-0.25, -0.2) is 4.79 Å². The van der Waals surface area contributed by atoms with Crippen LogP contribution in [-0.4, -0.2) is 35.9 Å². The molecular formula is C16H16N6O3S2. The van der Waals surface area contributed by atoms with E-state index in [1.165, 1.54) is 18.8 Å². The molecule has 0 unspecified atom stereocenters. The fourth-order valence-corrected chi connectivity index (χ4v) is 4.30. The van der Waals surface area contributed by atoms with Crippen LogP contribution in [0, 0.1) is 0 Å². The molecule has 0 aliphatic heterocycles. The van der Waals surface area contributed by atoms with Gasteiger partial charge in [-0.1, -0.05) is 17.8 Å². The van der Waals surface area contributed by atoms with E-state index < -0.39 is 17.0 Å². The third-order valence-corrected chi connectivity index (χ3v) is 6.11. The molecule has 0 saturated heterocycles. The van der Waals surface area contributed by atoms with Gasteiger partial charge in [-0.2, -0.15) is 0 Å². The number of aromatic amines is 1. The largest absolute Gasteiger partial charge is 0.384 e. The molecule has 0 bridgehead atoms. The van der Waals surface area contributed by atoms with Crippen molar-refractivity contribution in [3.63, 3.8) is 0 Å². The van der Waals surface area contributed by atoms with Crippen LogP contribution in [0.3, 0.4) is 0 Å². The van der Waals surface area contributed by atoms with Gasteiger partial charge in [0, 0.05) is 13.1 Å². The molecule has 140 valence electrons. The lowest BCUT2D eigenvalue weighted by Gasteiger charge is -2.09.